The second kappa shape index (κ2) is 8.23. The molecular formula is C15H17N3O3S. The summed E-state index contributed by atoms with van der Waals surface area (Å²) >= 11 is 1.30. The summed E-state index contributed by atoms with van der Waals surface area (Å²) < 4.78 is 10.4. The number of aromatic nitrogens is 2. The van der Waals surface area contributed by atoms with Crippen molar-refractivity contribution in [3.05, 3.63) is 42.2 Å². The molecule has 1 aromatic heterocycles. The van der Waals surface area contributed by atoms with Gasteiger partial charge in [-0.15, -0.1) is 0 Å². The van der Waals surface area contributed by atoms with E-state index in [9.17, 15) is 4.79 Å². The molecule has 0 fully saturated rings. The van der Waals surface area contributed by atoms with Gasteiger partial charge in [-0.3, -0.25) is 4.79 Å². The van der Waals surface area contributed by atoms with Gasteiger partial charge in [0.1, 0.15) is 0 Å². The Bertz CT molecular complexity index is 623. The van der Waals surface area contributed by atoms with E-state index in [-0.39, 0.29) is 11.7 Å². The standard InChI is InChI=1S/C15H17N3O3S/c1-20-12-5-4-11(8-13(12)21-2)9-18-14(19)10-22-15-16-6-3-7-17-15/h3-8H,9-10H2,1-2H3,(H,18,19). The largest absolute Gasteiger partial charge is 0.493 e. The Labute approximate surface area is 133 Å². The van der Waals surface area contributed by atoms with Crippen LogP contribution in [0.4, 0.5) is 0 Å². The number of carbonyl (C=O) groups excluding carboxylic acids is 1. The van der Waals surface area contributed by atoms with E-state index in [1.165, 1.54) is 11.8 Å². The number of benzene rings is 1. The fourth-order valence-electron chi connectivity index (χ4n) is 1.73. The third-order valence-electron chi connectivity index (χ3n) is 2.81. The van der Waals surface area contributed by atoms with Crippen molar-refractivity contribution in [2.45, 2.75) is 11.7 Å². The lowest BCUT2D eigenvalue weighted by atomic mass is 10.2. The monoisotopic (exact) mass is 319 g/mol. The van der Waals surface area contributed by atoms with Gasteiger partial charge in [-0.2, -0.15) is 0 Å². The van der Waals surface area contributed by atoms with E-state index >= 15 is 0 Å². The van der Waals surface area contributed by atoms with Gasteiger partial charge in [-0.25, -0.2) is 9.97 Å². The van der Waals surface area contributed by atoms with Gasteiger partial charge in [-0.05, 0) is 23.8 Å². The molecular weight excluding hydrogens is 302 g/mol. The van der Waals surface area contributed by atoms with Crippen LogP contribution >= 0.6 is 11.8 Å². The Balaban J connectivity index is 1.83. The molecule has 0 atom stereocenters. The Morgan fingerprint density at radius 1 is 1.18 bits per heavy atom. The van der Waals surface area contributed by atoms with Gasteiger partial charge in [0.15, 0.2) is 16.7 Å². The summed E-state index contributed by atoms with van der Waals surface area (Å²) in [6.07, 6.45) is 3.30. The fourth-order valence-corrected chi connectivity index (χ4v) is 2.37. The lowest BCUT2D eigenvalue weighted by Crippen LogP contribution is -2.24. The van der Waals surface area contributed by atoms with Crippen LogP contribution in [0.2, 0.25) is 0 Å². The highest BCUT2D eigenvalue weighted by molar-refractivity contribution is 7.99. The SMILES string of the molecule is COc1ccc(CNC(=O)CSc2ncccn2)cc1OC. The predicted octanol–water partition coefficient (Wildman–Crippen LogP) is 1.90. The van der Waals surface area contributed by atoms with Gasteiger partial charge >= 0.3 is 0 Å². The van der Waals surface area contributed by atoms with E-state index in [4.69, 9.17) is 9.47 Å². The highest BCUT2D eigenvalue weighted by atomic mass is 32.2. The molecule has 0 radical (unpaired) electrons. The van der Waals surface area contributed by atoms with Gasteiger partial charge in [0.05, 0.1) is 20.0 Å². The van der Waals surface area contributed by atoms with E-state index < -0.39 is 0 Å². The number of carbonyl (C=O) groups is 1. The Morgan fingerprint density at radius 2 is 1.91 bits per heavy atom. The molecule has 2 aromatic rings. The number of methoxy groups -OCH3 is 2. The van der Waals surface area contributed by atoms with Gasteiger partial charge in [0.2, 0.25) is 5.91 Å². The maximum Gasteiger partial charge on any atom is 0.230 e. The minimum atomic E-state index is -0.0766. The second-order valence-electron chi connectivity index (χ2n) is 4.29. The average molecular weight is 319 g/mol. The maximum atomic E-state index is 11.8. The van der Waals surface area contributed by atoms with E-state index in [0.29, 0.717) is 23.2 Å². The number of hydrogen-bond donors (Lipinski definition) is 1. The number of thioether (sulfide) groups is 1. The number of rotatable bonds is 7. The van der Waals surface area contributed by atoms with Crippen LogP contribution in [0.15, 0.2) is 41.8 Å². The van der Waals surface area contributed by atoms with Crippen LogP contribution in [0.25, 0.3) is 0 Å². The summed E-state index contributed by atoms with van der Waals surface area (Å²) in [5.74, 6) is 1.50. The summed E-state index contributed by atoms with van der Waals surface area (Å²) in [6.45, 7) is 0.426. The summed E-state index contributed by atoms with van der Waals surface area (Å²) in [4.78, 5) is 19.9. The Morgan fingerprint density at radius 3 is 2.59 bits per heavy atom. The smallest absolute Gasteiger partial charge is 0.230 e. The van der Waals surface area contributed by atoms with Crippen molar-refractivity contribution in [1.29, 1.82) is 0 Å². The first kappa shape index (κ1) is 16.1. The second-order valence-corrected chi connectivity index (χ2v) is 5.23. The third-order valence-corrected chi connectivity index (χ3v) is 3.69. The summed E-state index contributed by atoms with van der Waals surface area (Å²) in [5, 5.41) is 3.43. The molecule has 0 saturated carbocycles. The van der Waals surface area contributed by atoms with Crippen LogP contribution in [0.1, 0.15) is 5.56 Å². The molecule has 0 bridgehead atoms. The molecule has 2 rings (SSSR count). The number of ether oxygens (including phenoxy) is 2. The normalized spacial score (nSPS) is 10.1. The first-order valence-corrected chi connectivity index (χ1v) is 7.59. The molecule has 116 valence electrons. The zero-order valence-electron chi connectivity index (χ0n) is 12.4. The number of nitrogens with one attached hydrogen (secondary N) is 1. The van der Waals surface area contributed by atoms with Crippen molar-refractivity contribution in [3.63, 3.8) is 0 Å². The highest BCUT2D eigenvalue weighted by Gasteiger charge is 2.07. The van der Waals surface area contributed by atoms with Crippen molar-refractivity contribution in [2.75, 3.05) is 20.0 Å². The van der Waals surface area contributed by atoms with E-state index in [0.717, 1.165) is 5.56 Å². The zero-order valence-corrected chi connectivity index (χ0v) is 13.2. The van der Waals surface area contributed by atoms with Crippen LogP contribution in [0.3, 0.4) is 0 Å². The molecule has 0 unspecified atom stereocenters. The van der Waals surface area contributed by atoms with Crippen molar-refractivity contribution in [3.8, 4) is 11.5 Å². The quantitative estimate of drug-likeness (QED) is 0.621. The lowest BCUT2D eigenvalue weighted by Gasteiger charge is -2.10. The minimum Gasteiger partial charge on any atom is -0.493 e. The summed E-state index contributed by atoms with van der Waals surface area (Å²) in [7, 11) is 3.17. The topological polar surface area (TPSA) is 73.3 Å². The van der Waals surface area contributed by atoms with Crippen LogP contribution in [-0.4, -0.2) is 35.8 Å². The molecule has 0 aliphatic carbocycles. The van der Waals surface area contributed by atoms with Gasteiger partial charge < -0.3 is 14.8 Å². The molecule has 22 heavy (non-hydrogen) atoms. The molecule has 0 saturated heterocycles. The minimum absolute atomic E-state index is 0.0766. The first-order chi connectivity index (χ1) is 10.7. The molecule has 1 N–H and O–H groups in total. The molecule has 6 nitrogen and oxygen atoms in total. The van der Waals surface area contributed by atoms with Crippen LogP contribution < -0.4 is 14.8 Å². The van der Waals surface area contributed by atoms with Crippen molar-refractivity contribution in [2.24, 2.45) is 0 Å². The van der Waals surface area contributed by atoms with Gasteiger partial charge in [0, 0.05) is 18.9 Å². The van der Waals surface area contributed by atoms with Crippen LogP contribution in [0.5, 0.6) is 11.5 Å². The van der Waals surface area contributed by atoms with Gasteiger partial charge in [0.25, 0.3) is 0 Å². The van der Waals surface area contributed by atoms with Crippen molar-refractivity contribution in [1.82, 2.24) is 15.3 Å². The Hall–Kier alpha value is -2.28. The van der Waals surface area contributed by atoms with E-state index in [1.807, 2.05) is 18.2 Å². The maximum absolute atomic E-state index is 11.8. The first-order valence-electron chi connectivity index (χ1n) is 6.60. The zero-order chi connectivity index (χ0) is 15.8. The molecule has 1 heterocycles. The van der Waals surface area contributed by atoms with Crippen LogP contribution in [0, 0.1) is 0 Å². The molecule has 1 amide bonds. The van der Waals surface area contributed by atoms with Gasteiger partial charge in [-0.1, -0.05) is 17.8 Å². The van der Waals surface area contributed by atoms with Crippen LogP contribution in [-0.2, 0) is 11.3 Å². The number of hydrogen-bond acceptors (Lipinski definition) is 6. The van der Waals surface area contributed by atoms with Crippen molar-refractivity contribution >= 4 is 17.7 Å². The molecule has 0 spiro atoms. The summed E-state index contributed by atoms with van der Waals surface area (Å²) in [6, 6.07) is 7.27. The Kier molecular flexibility index (Phi) is 6.02. The van der Waals surface area contributed by atoms with E-state index in [1.54, 1.807) is 32.7 Å². The third kappa shape index (κ3) is 4.63. The molecule has 7 heteroatoms. The average Bonchev–Trinajstić information content (AvgIpc) is 2.58. The highest BCUT2D eigenvalue weighted by Crippen LogP contribution is 2.27. The number of amides is 1. The molecule has 1 aromatic carbocycles. The summed E-state index contributed by atoms with van der Waals surface area (Å²) in [5.41, 5.74) is 0.937. The lowest BCUT2D eigenvalue weighted by molar-refractivity contribution is -0.118. The molecule has 0 aliphatic heterocycles. The number of nitrogens with zero attached hydrogens (tertiary/aromatic N) is 2. The fraction of sp³-hybridized carbons (Fsp3) is 0.267. The predicted molar refractivity (Wildman–Crippen MR) is 84.1 cm³/mol. The van der Waals surface area contributed by atoms with E-state index in [2.05, 4.69) is 15.3 Å². The molecule has 0 aliphatic rings. The van der Waals surface area contributed by atoms with Crippen molar-refractivity contribution < 1.29 is 14.3 Å².